The van der Waals surface area contributed by atoms with E-state index in [9.17, 15) is 9.50 Å². The predicted molar refractivity (Wildman–Crippen MR) is 64.7 cm³/mol. The van der Waals surface area contributed by atoms with Gasteiger partial charge in [-0.05, 0) is 44.1 Å². The molecule has 1 heterocycles. The third kappa shape index (κ3) is 2.44. The van der Waals surface area contributed by atoms with E-state index in [4.69, 9.17) is 0 Å². The van der Waals surface area contributed by atoms with Crippen LogP contribution in [0.2, 0.25) is 0 Å². The minimum absolute atomic E-state index is 0.0344. The van der Waals surface area contributed by atoms with Crippen LogP contribution in [0.25, 0.3) is 0 Å². The SMILES string of the molecule is OCC(c1cc(Br)ccc1F)N1CCCC1. The Morgan fingerprint density at radius 3 is 2.69 bits per heavy atom. The fourth-order valence-corrected chi connectivity index (χ4v) is 2.61. The molecule has 1 unspecified atom stereocenters. The van der Waals surface area contributed by atoms with Gasteiger partial charge in [-0.25, -0.2) is 4.39 Å². The average molecular weight is 288 g/mol. The van der Waals surface area contributed by atoms with Crippen molar-refractivity contribution in [1.29, 1.82) is 0 Å². The lowest BCUT2D eigenvalue weighted by Crippen LogP contribution is -2.29. The van der Waals surface area contributed by atoms with Crippen molar-refractivity contribution in [2.75, 3.05) is 19.7 Å². The summed E-state index contributed by atoms with van der Waals surface area (Å²) in [5, 5.41) is 9.43. The monoisotopic (exact) mass is 287 g/mol. The number of hydrogen-bond acceptors (Lipinski definition) is 2. The molecule has 0 saturated carbocycles. The van der Waals surface area contributed by atoms with Gasteiger partial charge in [0.2, 0.25) is 0 Å². The van der Waals surface area contributed by atoms with E-state index < -0.39 is 0 Å². The fraction of sp³-hybridized carbons (Fsp3) is 0.500. The topological polar surface area (TPSA) is 23.5 Å². The summed E-state index contributed by atoms with van der Waals surface area (Å²) in [4.78, 5) is 2.14. The van der Waals surface area contributed by atoms with E-state index in [2.05, 4.69) is 20.8 Å². The first-order valence-corrected chi connectivity index (χ1v) is 6.31. The van der Waals surface area contributed by atoms with E-state index in [0.717, 1.165) is 30.4 Å². The van der Waals surface area contributed by atoms with Crippen LogP contribution in [-0.4, -0.2) is 29.7 Å². The number of aliphatic hydroxyl groups excluding tert-OH is 1. The van der Waals surface area contributed by atoms with Crippen molar-refractivity contribution >= 4 is 15.9 Å². The van der Waals surface area contributed by atoms with Crippen LogP contribution < -0.4 is 0 Å². The Kier molecular flexibility index (Phi) is 3.95. The van der Waals surface area contributed by atoms with Crippen LogP contribution in [0.15, 0.2) is 22.7 Å². The summed E-state index contributed by atoms with van der Waals surface area (Å²) in [5.41, 5.74) is 0.582. The zero-order chi connectivity index (χ0) is 11.5. The zero-order valence-electron chi connectivity index (χ0n) is 9.00. The number of rotatable bonds is 3. The third-order valence-electron chi connectivity index (χ3n) is 3.07. The molecule has 1 aromatic carbocycles. The molecule has 1 atom stereocenters. The summed E-state index contributed by atoms with van der Waals surface area (Å²) in [6, 6.07) is 4.67. The molecule has 16 heavy (non-hydrogen) atoms. The molecule has 1 aromatic rings. The maximum atomic E-state index is 13.7. The van der Waals surface area contributed by atoms with Gasteiger partial charge in [-0.15, -0.1) is 0 Å². The number of nitrogens with zero attached hydrogens (tertiary/aromatic N) is 1. The second-order valence-corrected chi connectivity index (χ2v) is 5.02. The Balaban J connectivity index is 2.28. The molecule has 1 aliphatic rings. The maximum absolute atomic E-state index is 13.7. The molecule has 1 saturated heterocycles. The maximum Gasteiger partial charge on any atom is 0.128 e. The molecule has 0 bridgehead atoms. The molecule has 0 amide bonds. The van der Waals surface area contributed by atoms with Crippen molar-refractivity contribution in [1.82, 2.24) is 4.90 Å². The lowest BCUT2D eigenvalue weighted by molar-refractivity contribution is 0.144. The van der Waals surface area contributed by atoms with Gasteiger partial charge in [0.25, 0.3) is 0 Å². The van der Waals surface area contributed by atoms with E-state index in [1.807, 2.05) is 0 Å². The number of aliphatic hydroxyl groups is 1. The van der Waals surface area contributed by atoms with Gasteiger partial charge < -0.3 is 5.11 Å². The molecule has 2 nitrogen and oxygen atoms in total. The molecule has 0 aromatic heterocycles. The molecule has 1 aliphatic heterocycles. The van der Waals surface area contributed by atoms with Gasteiger partial charge in [0.15, 0.2) is 0 Å². The molecular formula is C12H15BrFNO. The number of halogens is 2. The Labute approximate surface area is 103 Å². The van der Waals surface area contributed by atoms with E-state index in [1.54, 1.807) is 12.1 Å². The first kappa shape index (κ1) is 12.0. The van der Waals surface area contributed by atoms with E-state index in [-0.39, 0.29) is 18.5 Å². The summed E-state index contributed by atoms with van der Waals surface area (Å²) in [5.74, 6) is -0.242. The molecule has 88 valence electrons. The van der Waals surface area contributed by atoms with Gasteiger partial charge in [-0.1, -0.05) is 15.9 Å². The molecule has 1 fully saturated rings. The van der Waals surface area contributed by atoms with Crippen LogP contribution in [0.4, 0.5) is 4.39 Å². The zero-order valence-corrected chi connectivity index (χ0v) is 10.6. The second-order valence-electron chi connectivity index (χ2n) is 4.11. The van der Waals surface area contributed by atoms with Crippen molar-refractivity contribution in [3.8, 4) is 0 Å². The Morgan fingerprint density at radius 1 is 1.38 bits per heavy atom. The fourth-order valence-electron chi connectivity index (χ4n) is 2.23. The summed E-state index contributed by atoms with van der Waals surface area (Å²) in [6.07, 6.45) is 2.26. The molecule has 4 heteroatoms. The second kappa shape index (κ2) is 5.25. The Morgan fingerprint density at radius 2 is 2.06 bits per heavy atom. The minimum Gasteiger partial charge on any atom is -0.394 e. The number of hydrogen-bond donors (Lipinski definition) is 1. The van der Waals surface area contributed by atoms with E-state index in [1.165, 1.54) is 6.07 Å². The summed E-state index contributed by atoms with van der Waals surface area (Å²) in [6.45, 7) is 1.85. The minimum atomic E-state index is -0.242. The van der Waals surface area contributed by atoms with Gasteiger partial charge in [0.1, 0.15) is 5.82 Å². The van der Waals surface area contributed by atoms with E-state index >= 15 is 0 Å². The lowest BCUT2D eigenvalue weighted by atomic mass is 10.1. The average Bonchev–Trinajstić information content (AvgIpc) is 2.78. The highest BCUT2D eigenvalue weighted by Crippen LogP contribution is 2.28. The highest BCUT2D eigenvalue weighted by Gasteiger charge is 2.25. The molecule has 0 spiro atoms. The van der Waals surface area contributed by atoms with Crippen LogP contribution in [0, 0.1) is 5.82 Å². The largest absolute Gasteiger partial charge is 0.394 e. The molecule has 1 N–H and O–H groups in total. The lowest BCUT2D eigenvalue weighted by Gasteiger charge is -2.26. The Bertz CT molecular complexity index is 366. The first-order chi connectivity index (χ1) is 7.72. The normalized spacial score (nSPS) is 18.9. The van der Waals surface area contributed by atoms with Crippen LogP contribution in [0.3, 0.4) is 0 Å². The summed E-state index contributed by atoms with van der Waals surface area (Å²) < 4.78 is 14.6. The van der Waals surface area contributed by atoms with Crippen molar-refractivity contribution in [3.63, 3.8) is 0 Å². The van der Waals surface area contributed by atoms with E-state index in [0.29, 0.717) is 5.56 Å². The third-order valence-corrected chi connectivity index (χ3v) is 3.56. The molecule has 2 rings (SSSR count). The Hall–Kier alpha value is -0.450. The van der Waals surface area contributed by atoms with Gasteiger partial charge in [0, 0.05) is 10.0 Å². The van der Waals surface area contributed by atoms with Gasteiger partial charge in [-0.3, -0.25) is 4.90 Å². The first-order valence-electron chi connectivity index (χ1n) is 5.52. The highest BCUT2D eigenvalue weighted by atomic mass is 79.9. The molecular weight excluding hydrogens is 273 g/mol. The molecule has 0 aliphatic carbocycles. The van der Waals surface area contributed by atoms with Crippen molar-refractivity contribution in [3.05, 3.63) is 34.1 Å². The standard InChI is InChI=1S/C12H15BrFNO/c13-9-3-4-11(14)10(7-9)12(8-16)15-5-1-2-6-15/h3-4,7,12,16H,1-2,5-6,8H2. The summed E-state index contributed by atoms with van der Waals surface area (Å²) in [7, 11) is 0. The van der Waals surface area contributed by atoms with Crippen LogP contribution in [0.5, 0.6) is 0 Å². The molecule has 0 radical (unpaired) electrons. The van der Waals surface area contributed by atoms with Crippen molar-refractivity contribution < 1.29 is 9.50 Å². The predicted octanol–water partition coefficient (Wildman–Crippen LogP) is 2.72. The van der Waals surface area contributed by atoms with Gasteiger partial charge in [0.05, 0.1) is 12.6 Å². The van der Waals surface area contributed by atoms with Crippen molar-refractivity contribution in [2.45, 2.75) is 18.9 Å². The quantitative estimate of drug-likeness (QED) is 0.924. The van der Waals surface area contributed by atoms with Crippen LogP contribution in [0.1, 0.15) is 24.4 Å². The number of likely N-dealkylation sites (tertiary alicyclic amines) is 1. The van der Waals surface area contributed by atoms with Crippen LogP contribution in [-0.2, 0) is 0 Å². The highest BCUT2D eigenvalue weighted by molar-refractivity contribution is 9.10. The van der Waals surface area contributed by atoms with Gasteiger partial charge in [-0.2, -0.15) is 0 Å². The van der Waals surface area contributed by atoms with Crippen LogP contribution >= 0.6 is 15.9 Å². The van der Waals surface area contributed by atoms with Crippen molar-refractivity contribution in [2.24, 2.45) is 0 Å². The summed E-state index contributed by atoms with van der Waals surface area (Å²) >= 11 is 3.34. The number of benzene rings is 1. The smallest absolute Gasteiger partial charge is 0.128 e. The van der Waals surface area contributed by atoms with Gasteiger partial charge >= 0.3 is 0 Å².